The number of likely N-dealkylation sites (tertiary alicyclic amines) is 3. The highest BCUT2D eigenvalue weighted by molar-refractivity contribution is 7.93. The van der Waals surface area contributed by atoms with Gasteiger partial charge < -0.3 is 24.4 Å². The number of benzene rings is 2. The van der Waals surface area contributed by atoms with Gasteiger partial charge in [-0.05, 0) is 62.2 Å². The second-order valence-corrected chi connectivity index (χ2v) is 15.2. The summed E-state index contributed by atoms with van der Waals surface area (Å²) in [5.41, 5.74) is -2.05. The predicted molar refractivity (Wildman–Crippen MR) is 187 cm³/mol. The fraction of sp³-hybridized carbons (Fsp3) is 0.444. The first-order chi connectivity index (χ1) is 25.4. The highest BCUT2D eigenvalue weighted by Gasteiger charge is 2.60. The molecule has 53 heavy (non-hydrogen) atoms. The minimum Gasteiger partial charge on any atom is -0.497 e. The van der Waals surface area contributed by atoms with Gasteiger partial charge in [-0.15, -0.1) is 0 Å². The summed E-state index contributed by atoms with van der Waals surface area (Å²) in [6.45, 7) is 3.50. The van der Waals surface area contributed by atoms with Crippen molar-refractivity contribution in [2.75, 3.05) is 64.4 Å². The van der Waals surface area contributed by atoms with Gasteiger partial charge in [0.05, 0.1) is 56.8 Å². The molecule has 1 aromatic heterocycles. The third-order valence-electron chi connectivity index (χ3n) is 10.4. The van der Waals surface area contributed by atoms with Gasteiger partial charge in [-0.3, -0.25) is 14.6 Å². The van der Waals surface area contributed by atoms with E-state index in [-0.39, 0.29) is 70.7 Å². The van der Waals surface area contributed by atoms with E-state index in [1.165, 1.54) is 67.8 Å². The first kappa shape index (κ1) is 36.3. The number of halogens is 2. The minimum atomic E-state index is -4.74. The van der Waals surface area contributed by atoms with Gasteiger partial charge in [-0.25, -0.2) is 27.0 Å². The molecule has 0 aliphatic carbocycles. The third kappa shape index (κ3) is 6.17. The van der Waals surface area contributed by atoms with Crippen LogP contribution in [0.1, 0.15) is 36.5 Å². The van der Waals surface area contributed by atoms with Crippen molar-refractivity contribution in [3.05, 3.63) is 71.4 Å². The summed E-state index contributed by atoms with van der Waals surface area (Å²) in [5.74, 6) is -3.43. The number of rotatable bonds is 10. The van der Waals surface area contributed by atoms with Crippen molar-refractivity contribution < 1.29 is 41.0 Å². The van der Waals surface area contributed by atoms with E-state index in [9.17, 15) is 27.3 Å². The third-order valence-corrected chi connectivity index (χ3v) is 12.2. The monoisotopic (exact) mass is 751 g/mol. The smallest absolute Gasteiger partial charge is 0.318 e. The zero-order valence-electron chi connectivity index (χ0n) is 29.4. The molecule has 14 nitrogen and oxygen atoms in total. The van der Waals surface area contributed by atoms with E-state index in [1.54, 1.807) is 13.0 Å². The van der Waals surface area contributed by atoms with Crippen LogP contribution in [-0.4, -0.2) is 118 Å². The van der Waals surface area contributed by atoms with E-state index in [4.69, 9.17) is 14.2 Å². The van der Waals surface area contributed by atoms with E-state index in [1.807, 2.05) is 11.0 Å². The highest BCUT2D eigenvalue weighted by atomic mass is 32.2. The second-order valence-electron chi connectivity index (χ2n) is 13.5. The summed E-state index contributed by atoms with van der Waals surface area (Å²) >= 11 is 0. The number of fused-ring (bicyclic) bond motifs is 1. The molecule has 1 N–H and O–H groups in total. The number of nitrogens with one attached hydrogen (secondary N) is 1. The standard InChI is InChI=1S/C36H39F2N7O7S/c1-4-52-32-27(6-5-13-40-32)36(41-34(47)43-19-25(20-43)42-14-11-24(12-15-42)44-21-35(37,38)22-44)28-16-23(18-39)7-9-29(28)45(33(36)46)53(48,49)31-10-8-26(50-2)17-30(31)51-3/h5-10,13,16-17,24-25H,4,11-12,14-15,19-22H2,1-3H3,(H,41,47)/t36-/m1/s1. The Bertz CT molecular complexity index is 2080. The van der Waals surface area contributed by atoms with Crippen LogP contribution in [-0.2, 0) is 20.4 Å². The molecule has 3 aromatic rings. The van der Waals surface area contributed by atoms with E-state index >= 15 is 4.79 Å². The Hall–Kier alpha value is -5.05. The van der Waals surface area contributed by atoms with Crippen LogP contribution in [0.5, 0.6) is 17.4 Å². The van der Waals surface area contributed by atoms with Gasteiger partial charge in [0.1, 0.15) is 16.4 Å². The molecule has 0 radical (unpaired) electrons. The van der Waals surface area contributed by atoms with Crippen LogP contribution < -0.4 is 23.8 Å². The van der Waals surface area contributed by atoms with Crippen LogP contribution in [0.4, 0.5) is 19.3 Å². The molecule has 0 saturated carbocycles. The van der Waals surface area contributed by atoms with Gasteiger partial charge in [0.25, 0.3) is 21.9 Å². The molecule has 280 valence electrons. The lowest BCUT2D eigenvalue weighted by Gasteiger charge is -2.51. The minimum absolute atomic E-state index is 0.0115. The molecule has 0 unspecified atom stereocenters. The summed E-state index contributed by atoms with van der Waals surface area (Å²) in [6.07, 6.45) is 2.95. The molecule has 3 fully saturated rings. The Morgan fingerprint density at radius 1 is 1.02 bits per heavy atom. The molecule has 4 aliphatic rings. The molecular formula is C36H39F2N7O7S. The number of methoxy groups -OCH3 is 2. The fourth-order valence-electron chi connectivity index (χ4n) is 7.68. The summed E-state index contributed by atoms with van der Waals surface area (Å²) in [7, 11) is -2.03. The Kier molecular flexibility index (Phi) is 9.41. The number of hydrogen-bond acceptors (Lipinski definition) is 11. The van der Waals surface area contributed by atoms with Crippen LogP contribution in [0.3, 0.4) is 0 Å². The number of carbonyl (C=O) groups is 2. The molecule has 3 amide bonds. The molecule has 0 spiro atoms. The lowest BCUT2D eigenvalue weighted by Crippen LogP contribution is -2.67. The quantitative estimate of drug-likeness (QED) is 0.325. The summed E-state index contributed by atoms with van der Waals surface area (Å²) < 4.78 is 73.2. The molecule has 5 heterocycles. The van der Waals surface area contributed by atoms with E-state index in [2.05, 4.69) is 15.2 Å². The van der Waals surface area contributed by atoms with Gasteiger partial charge in [-0.1, -0.05) is 0 Å². The number of urea groups is 1. The predicted octanol–water partition coefficient (Wildman–Crippen LogP) is 3.16. The normalized spacial score (nSPS) is 22.0. The van der Waals surface area contributed by atoms with Crippen molar-refractivity contribution in [3.63, 3.8) is 0 Å². The molecule has 2 aromatic carbocycles. The number of anilines is 1. The van der Waals surface area contributed by atoms with Crippen LogP contribution in [0.25, 0.3) is 0 Å². The Labute approximate surface area is 305 Å². The topological polar surface area (TPSA) is 158 Å². The van der Waals surface area contributed by atoms with Gasteiger partial charge in [-0.2, -0.15) is 9.57 Å². The molecule has 1 atom stereocenters. The summed E-state index contributed by atoms with van der Waals surface area (Å²) in [4.78, 5) is 39.0. The summed E-state index contributed by atoms with van der Waals surface area (Å²) in [6, 6.07) is 12.8. The molecule has 4 aliphatic heterocycles. The van der Waals surface area contributed by atoms with Crippen LogP contribution in [0.15, 0.2) is 59.6 Å². The largest absolute Gasteiger partial charge is 0.497 e. The number of aromatic nitrogens is 1. The number of hydrogen-bond donors (Lipinski definition) is 1. The average molecular weight is 752 g/mol. The number of alkyl halides is 2. The van der Waals surface area contributed by atoms with Gasteiger partial charge in [0.2, 0.25) is 5.88 Å². The number of sulfonamides is 1. The Morgan fingerprint density at radius 2 is 1.75 bits per heavy atom. The van der Waals surface area contributed by atoms with Crippen molar-refractivity contribution >= 4 is 27.6 Å². The van der Waals surface area contributed by atoms with Crippen LogP contribution >= 0.6 is 0 Å². The molecule has 7 rings (SSSR count). The fourth-order valence-corrected chi connectivity index (χ4v) is 9.28. The number of nitriles is 1. The van der Waals surface area contributed by atoms with Crippen molar-refractivity contribution in [2.24, 2.45) is 0 Å². The van der Waals surface area contributed by atoms with Crippen molar-refractivity contribution in [1.29, 1.82) is 5.26 Å². The number of pyridine rings is 1. The zero-order valence-corrected chi connectivity index (χ0v) is 30.2. The van der Waals surface area contributed by atoms with Crippen molar-refractivity contribution in [2.45, 2.75) is 48.2 Å². The number of nitrogens with zero attached hydrogens (tertiary/aromatic N) is 6. The number of piperidine rings is 1. The van der Waals surface area contributed by atoms with E-state index in [0.29, 0.717) is 36.2 Å². The van der Waals surface area contributed by atoms with Crippen molar-refractivity contribution in [3.8, 4) is 23.4 Å². The second kappa shape index (κ2) is 13.7. The van der Waals surface area contributed by atoms with Crippen LogP contribution in [0, 0.1) is 11.3 Å². The first-order valence-corrected chi connectivity index (χ1v) is 18.7. The van der Waals surface area contributed by atoms with Crippen LogP contribution in [0.2, 0.25) is 0 Å². The maximum atomic E-state index is 15.1. The SMILES string of the molecule is CCOc1ncccc1[C@]1(NC(=O)N2CC(N3CCC(N4CC(F)(F)C4)CC3)C2)C(=O)N(S(=O)(=O)c2ccc(OC)cc2OC)c2ccc(C#N)cc21. The molecule has 0 bridgehead atoms. The lowest BCUT2D eigenvalue weighted by molar-refractivity contribution is -0.153. The summed E-state index contributed by atoms with van der Waals surface area (Å²) in [5, 5.41) is 12.8. The average Bonchev–Trinajstić information content (AvgIpc) is 3.37. The maximum absolute atomic E-state index is 15.1. The number of ether oxygens (including phenoxy) is 3. The lowest BCUT2D eigenvalue weighted by atomic mass is 9.83. The van der Waals surface area contributed by atoms with Gasteiger partial charge >= 0.3 is 6.03 Å². The molecule has 3 saturated heterocycles. The first-order valence-electron chi connectivity index (χ1n) is 17.2. The molecular weight excluding hydrogens is 713 g/mol. The van der Waals surface area contributed by atoms with Gasteiger partial charge in [0.15, 0.2) is 5.54 Å². The highest BCUT2D eigenvalue weighted by Crippen LogP contribution is 2.50. The zero-order chi connectivity index (χ0) is 37.7. The Morgan fingerprint density at radius 3 is 2.40 bits per heavy atom. The van der Waals surface area contributed by atoms with E-state index < -0.39 is 33.4 Å². The number of amides is 3. The maximum Gasteiger partial charge on any atom is 0.318 e. The number of carbonyl (C=O) groups excluding carboxylic acids is 2. The molecule has 17 heteroatoms. The van der Waals surface area contributed by atoms with E-state index in [0.717, 1.165) is 12.8 Å². The Balaban J connectivity index is 1.23. The van der Waals surface area contributed by atoms with Gasteiger partial charge in [0, 0.05) is 56.1 Å². The van der Waals surface area contributed by atoms with Crippen molar-refractivity contribution in [1.82, 2.24) is 25.0 Å².